The first kappa shape index (κ1) is 12.9. The first-order chi connectivity index (χ1) is 8.11. The summed E-state index contributed by atoms with van der Waals surface area (Å²) in [6, 6.07) is 0.175. The fourth-order valence-corrected chi connectivity index (χ4v) is 4.47. The summed E-state index contributed by atoms with van der Waals surface area (Å²) in [6.07, 6.45) is 5.94. The van der Waals surface area contributed by atoms with Gasteiger partial charge in [-0.1, -0.05) is 0 Å². The highest BCUT2D eigenvalue weighted by Crippen LogP contribution is 2.26. The number of nitrogens with one attached hydrogen (secondary N) is 1. The van der Waals surface area contributed by atoms with Gasteiger partial charge in [0, 0.05) is 0 Å². The van der Waals surface area contributed by atoms with Crippen molar-refractivity contribution in [3.63, 3.8) is 0 Å². The van der Waals surface area contributed by atoms with Crippen molar-refractivity contribution in [2.24, 2.45) is 5.92 Å². The summed E-state index contributed by atoms with van der Waals surface area (Å²) < 4.78 is 28.5. The molecule has 0 aromatic heterocycles. The Balaban J connectivity index is 1.94. The minimum absolute atomic E-state index is 0.175. The predicted octanol–water partition coefficient (Wildman–Crippen LogP) is 1.09. The summed E-state index contributed by atoms with van der Waals surface area (Å²) in [7, 11) is -0.858. The smallest absolute Gasteiger partial charge is 0.150 e. The fraction of sp³-hybridized carbons (Fsp3) is 0.833. The van der Waals surface area contributed by atoms with Crippen molar-refractivity contribution in [3.8, 4) is 0 Å². The molecule has 17 heavy (non-hydrogen) atoms. The van der Waals surface area contributed by atoms with E-state index < -0.39 is 9.84 Å². The number of hydrogen-bond donors (Lipinski definition) is 1. The number of likely N-dealkylation sites (N-methyl/N-ethyl adjacent to an activating group) is 1. The van der Waals surface area contributed by atoms with Crippen LogP contribution < -0.4 is 5.32 Å². The van der Waals surface area contributed by atoms with Crippen molar-refractivity contribution in [2.75, 3.05) is 25.2 Å². The van der Waals surface area contributed by atoms with Gasteiger partial charge in [-0.2, -0.15) is 0 Å². The maximum atomic E-state index is 11.4. The van der Waals surface area contributed by atoms with Gasteiger partial charge < -0.3 is 10.1 Å². The van der Waals surface area contributed by atoms with E-state index in [1.807, 2.05) is 7.05 Å². The van der Waals surface area contributed by atoms with Crippen LogP contribution in [0.2, 0.25) is 0 Å². The van der Waals surface area contributed by atoms with E-state index in [-0.39, 0.29) is 12.0 Å². The molecule has 1 N–H and O–H groups in total. The Bertz CT molecular complexity index is 389. The second kappa shape index (κ2) is 5.40. The van der Waals surface area contributed by atoms with Crippen molar-refractivity contribution >= 4 is 9.84 Å². The van der Waals surface area contributed by atoms with Gasteiger partial charge in [-0.25, -0.2) is 8.42 Å². The molecule has 0 amide bonds. The lowest BCUT2D eigenvalue weighted by Crippen LogP contribution is -2.32. The molecule has 5 heteroatoms. The third-order valence-corrected chi connectivity index (χ3v) is 5.39. The number of rotatable bonds is 4. The van der Waals surface area contributed by atoms with Crippen LogP contribution in [0.4, 0.5) is 0 Å². The molecule has 1 fully saturated rings. The standard InChI is InChI=1S/C12H21NO3S/c1-13-11(12-4-2-3-6-16-12)8-10-5-7-17(14,15)9-10/h4,10-11,13H,2-3,5-9H2,1H3. The fourth-order valence-electron chi connectivity index (χ4n) is 2.59. The van der Waals surface area contributed by atoms with Crippen LogP contribution in [0.25, 0.3) is 0 Å². The Morgan fingerprint density at radius 2 is 2.41 bits per heavy atom. The van der Waals surface area contributed by atoms with Crippen molar-refractivity contribution in [1.82, 2.24) is 5.32 Å². The lowest BCUT2D eigenvalue weighted by atomic mass is 9.97. The molecule has 2 atom stereocenters. The van der Waals surface area contributed by atoms with E-state index in [0.717, 1.165) is 38.0 Å². The topological polar surface area (TPSA) is 55.4 Å². The quantitative estimate of drug-likeness (QED) is 0.821. The molecule has 2 aliphatic rings. The molecular weight excluding hydrogens is 238 g/mol. The minimum Gasteiger partial charge on any atom is -0.497 e. The lowest BCUT2D eigenvalue weighted by Gasteiger charge is -2.25. The van der Waals surface area contributed by atoms with E-state index in [0.29, 0.717) is 11.5 Å². The summed E-state index contributed by atoms with van der Waals surface area (Å²) in [5.74, 6) is 1.99. The number of sulfone groups is 1. The van der Waals surface area contributed by atoms with E-state index in [1.165, 1.54) is 0 Å². The van der Waals surface area contributed by atoms with Gasteiger partial charge in [0.25, 0.3) is 0 Å². The van der Waals surface area contributed by atoms with Crippen molar-refractivity contribution in [1.29, 1.82) is 0 Å². The monoisotopic (exact) mass is 259 g/mol. The number of allylic oxidation sites excluding steroid dienone is 1. The average Bonchev–Trinajstić information content (AvgIpc) is 2.67. The Hall–Kier alpha value is -0.550. The van der Waals surface area contributed by atoms with Gasteiger partial charge >= 0.3 is 0 Å². The maximum Gasteiger partial charge on any atom is 0.150 e. The molecule has 1 saturated heterocycles. The molecule has 2 aliphatic heterocycles. The maximum absolute atomic E-state index is 11.4. The van der Waals surface area contributed by atoms with E-state index >= 15 is 0 Å². The third-order valence-electron chi connectivity index (χ3n) is 3.55. The molecule has 0 radical (unpaired) electrons. The highest BCUT2D eigenvalue weighted by atomic mass is 32.2. The van der Waals surface area contributed by atoms with E-state index in [1.54, 1.807) is 0 Å². The second-order valence-corrected chi connectivity index (χ2v) is 7.17. The summed E-state index contributed by atoms with van der Waals surface area (Å²) in [4.78, 5) is 0. The molecule has 0 aromatic carbocycles. The zero-order chi connectivity index (χ0) is 12.3. The molecule has 2 rings (SSSR count). The van der Waals surface area contributed by atoms with Crippen molar-refractivity contribution < 1.29 is 13.2 Å². The van der Waals surface area contributed by atoms with Crippen LogP contribution in [0.5, 0.6) is 0 Å². The van der Waals surface area contributed by atoms with E-state index in [2.05, 4.69) is 11.4 Å². The van der Waals surface area contributed by atoms with Crippen molar-refractivity contribution in [3.05, 3.63) is 11.8 Å². The summed E-state index contributed by atoms with van der Waals surface area (Å²) in [6.45, 7) is 0.785. The molecule has 4 nitrogen and oxygen atoms in total. The van der Waals surface area contributed by atoms with Crippen LogP contribution in [0.1, 0.15) is 25.7 Å². The molecule has 2 heterocycles. The van der Waals surface area contributed by atoms with E-state index in [9.17, 15) is 8.42 Å². The summed E-state index contributed by atoms with van der Waals surface area (Å²) >= 11 is 0. The van der Waals surface area contributed by atoms with Crippen LogP contribution in [0.15, 0.2) is 11.8 Å². The zero-order valence-corrected chi connectivity index (χ0v) is 11.1. The van der Waals surface area contributed by atoms with Gasteiger partial charge in [-0.3, -0.25) is 0 Å². The van der Waals surface area contributed by atoms with Crippen LogP contribution in [0, 0.1) is 5.92 Å². The zero-order valence-electron chi connectivity index (χ0n) is 10.3. The van der Waals surface area contributed by atoms with Gasteiger partial charge in [0.15, 0.2) is 9.84 Å². The molecule has 0 bridgehead atoms. The Morgan fingerprint density at radius 3 is 2.94 bits per heavy atom. The van der Waals surface area contributed by atoms with Gasteiger partial charge in [-0.05, 0) is 44.7 Å². The number of ether oxygens (including phenoxy) is 1. The summed E-state index contributed by atoms with van der Waals surface area (Å²) in [5, 5.41) is 3.24. The predicted molar refractivity (Wildman–Crippen MR) is 67.5 cm³/mol. The minimum atomic E-state index is -2.77. The first-order valence-electron chi connectivity index (χ1n) is 6.31. The molecular formula is C12H21NO3S. The molecule has 2 unspecified atom stereocenters. The molecule has 0 saturated carbocycles. The molecule has 98 valence electrons. The Labute approximate surface area is 103 Å². The first-order valence-corrected chi connectivity index (χ1v) is 8.13. The molecule has 0 aromatic rings. The van der Waals surface area contributed by atoms with Gasteiger partial charge in [0.1, 0.15) is 5.76 Å². The average molecular weight is 259 g/mol. The largest absolute Gasteiger partial charge is 0.497 e. The SMILES string of the molecule is CNC(CC1CCS(=O)(=O)C1)C1=CCCCO1. The van der Waals surface area contributed by atoms with Crippen LogP contribution in [-0.2, 0) is 14.6 Å². The van der Waals surface area contributed by atoms with Gasteiger partial charge in [0.2, 0.25) is 0 Å². The van der Waals surface area contributed by atoms with Crippen LogP contribution in [0.3, 0.4) is 0 Å². The second-order valence-electron chi connectivity index (χ2n) is 4.94. The van der Waals surface area contributed by atoms with Crippen molar-refractivity contribution in [2.45, 2.75) is 31.7 Å². The number of hydrogen-bond acceptors (Lipinski definition) is 4. The van der Waals surface area contributed by atoms with Gasteiger partial charge in [0.05, 0.1) is 24.2 Å². The normalized spacial score (nSPS) is 29.5. The lowest BCUT2D eigenvalue weighted by molar-refractivity contribution is 0.163. The van der Waals surface area contributed by atoms with Gasteiger partial charge in [-0.15, -0.1) is 0 Å². The highest BCUT2D eigenvalue weighted by Gasteiger charge is 2.30. The molecule has 0 spiro atoms. The molecule has 0 aliphatic carbocycles. The van der Waals surface area contributed by atoms with Crippen LogP contribution in [-0.4, -0.2) is 39.6 Å². The highest BCUT2D eigenvalue weighted by molar-refractivity contribution is 7.91. The third kappa shape index (κ3) is 3.45. The summed E-state index contributed by atoms with van der Waals surface area (Å²) in [5.41, 5.74) is 0. The van der Waals surface area contributed by atoms with E-state index in [4.69, 9.17) is 4.74 Å². The van der Waals surface area contributed by atoms with Crippen LogP contribution >= 0.6 is 0 Å². The Morgan fingerprint density at radius 1 is 1.59 bits per heavy atom. The Kier molecular flexibility index (Phi) is 4.09.